The quantitative estimate of drug-likeness (QED) is 0.262. The number of carbonyl (C=O) groups is 5. The number of nitrogens with zero attached hydrogens (tertiary/aromatic N) is 1. The van der Waals surface area contributed by atoms with Crippen LogP contribution >= 0.6 is 0 Å². The Balaban J connectivity index is 2.65. The second-order valence-corrected chi connectivity index (χ2v) is 14.2. The van der Waals surface area contributed by atoms with Crippen molar-refractivity contribution in [2.75, 3.05) is 0 Å². The maximum atomic E-state index is 14.5. The Morgan fingerprint density at radius 3 is 1.85 bits per heavy atom. The molecule has 0 aromatic heterocycles. The lowest BCUT2D eigenvalue weighted by Crippen LogP contribution is -2.56. The fourth-order valence-corrected chi connectivity index (χ4v) is 5.13. The average Bonchev–Trinajstić information content (AvgIpc) is 2.90. The molecular formula is C36H52N4O7. The van der Waals surface area contributed by atoms with E-state index in [2.05, 4.69) is 10.6 Å². The zero-order valence-electron chi connectivity index (χ0n) is 29.4. The normalized spacial score (nSPS) is 13.6. The molecule has 258 valence electrons. The number of primary amides is 1. The Morgan fingerprint density at radius 2 is 1.36 bits per heavy atom. The summed E-state index contributed by atoms with van der Waals surface area (Å²) in [6.07, 6.45) is -1.02. The number of hydrogen-bond donors (Lipinski definition) is 3. The zero-order valence-corrected chi connectivity index (χ0v) is 29.4. The number of benzene rings is 2. The average molecular weight is 653 g/mol. The second-order valence-electron chi connectivity index (χ2n) is 14.2. The number of ether oxygens (including phenoxy) is 2. The van der Waals surface area contributed by atoms with Crippen molar-refractivity contribution in [3.05, 3.63) is 70.8 Å². The molecule has 0 aliphatic rings. The molecular weight excluding hydrogens is 600 g/mol. The Bertz CT molecular complexity index is 1390. The number of hydrogen-bond acceptors (Lipinski definition) is 7. The van der Waals surface area contributed by atoms with Gasteiger partial charge in [0.15, 0.2) is 0 Å². The largest absolute Gasteiger partial charge is 0.458 e. The highest BCUT2D eigenvalue weighted by atomic mass is 16.6. The number of alkyl carbamates (subject to hydrolysis) is 1. The van der Waals surface area contributed by atoms with Gasteiger partial charge in [-0.2, -0.15) is 0 Å². The van der Waals surface area contributed by atoms with Crippen molar-refractivity contribution in [1.82, 2.24) is 15.5 Å². The molecule has 0 saturated carbocycles. The molecule has 3 unspecified atom stereocenters. The topological polar surface area (TPSA) is 157 Å². The van der Waals surface area contributed by atoms with E-state index in [1.165, 1.54) is 4.90 Å². The summed E-state index contributed by atoms with van der Waals surface area (Å²) in [7, 11) is 0. The van der Waals surface area contributed by atoms with Crippen LogP contribution < -0.4 is 16.4 Å². The Labute approximate surface area is 278 Å². The molecule has 0 bridgehead atoms. The maximum absolute atomic E-state index is 14.5. The van der Waals surface area contributed by atoms with Crippen molar-refractivity contribution in [3.63, 3.8) is 0 Å². The van der Waals surface area contributed by atoms with Crippen LogP contribution in [0.1, 0.15) is 96.5 Å². The lowest BCUT2D eigenvalue weighted by atomic mass is 9.96. The maximum Gasteiger partial charge on any atom is 0.408 e. The van der Waals surface area contributed by atoms with Crippen LogP contribution in [-0.2, 0) is 35.1 Å². The Kier molecular flexibility index (Phi) is 13.5. The molecule has 47 heavy (non-hydrogen) atoms. The summed E-state index contributed by atoms with van der Waals surface area (Å²) in [5, 5.41) is 5.47. The third kappa shape index (κ3) is 13.1. The molecule has 2 aromatic rings. The van der Waals surface area contributed by atoms with Gasteiger partial charge in [0.1, 0.15) is 29.3 Å². The van der Waals surface area contributed by atoms with Crippen molar-refractivity contribution >= 4 is 29.8 Å². The van der Waals surface area contributed by atoms with Crippen molar-refractivity contribution in [3.8, 4) is 0 Å². The monoisotopic (exact) mass is 652 g/mol. The third-order valence-corrected chi connectivity index (χ3v) is 6.86. The minimum Gasteiger partial charge on any atom is -0.458 e. The van der Waals surface area contributed by atoms with Gasteiger partial charge in [0, 0.05) is 18.9 Å². The molecule has 4 amide bonds. The number of nitrogens with two attached hydrogens (primary N) is 1. The molecule has 0 saturated heterocycles. The van der Waals surface area contributed by atoms with Gasteiger partial charge in [-0.3, -0.25) is 14.4 Å². The van der Waals surface area contributed by atoms with Gasteiger partial charge in [0.2, 0.25) is 17.7 Å². The van der Waals surface area contributed by atoms with Crippen LogP contribution in [-0.4, -0.2) is 64.0 Å². The highest BCUT2D eigenvalue weighted by Gasteiger charge is 2.40. The van der Waals surface area contributed by atoms with Gasteiger partial charge >= 0.3 is 12.1 Å². The Hall–Kier alpha value is -4.41. The van der Waals surface area contributed by atoms with Crippen LogP contribution in [0.3, 0.4) is 0 Å². The minimum absolute atomic E-state index is 0.119. The standard InChI is InChI=1S/C36H52N4O7/c1-22(2)40(32(43)27(16-17-29(37)41)39-34(45)47-36(8,9)10)30(26-19-23(3)18-24(4)20-26)31(42)38-28(33(44)46-35(5,6)7)21-25-14-12-11-13-15-25/h11-15,18-20,22,27-28,30H,16-17,21H2,1-10H3,(H2,37,41)(H,38,42)(H,39,45). The van der Waals surface area contributed by atoms with Crippen molar-refractivity contribution < 1.29 is 33.4 Å². The first-order valence-electron chi connectivity index (χ1n) is 15.9. The molecule has 4 N–H and O–H groups in total. The van der Waals surface area contributed by atoms with Gasteiger partial charge in [0.25, 0.3) is 0 Å². The van der Waals surface area contributed by atoms with Gasteiger partial charge in [-0.15, -0.1) is 0 Å². The Morgan fingerprint density at radius 1 is 0.809 bits per heavy atom. The van der Waals surface area contributed by atoms with Gasteiger partial charge in [-0.25, -0.2) is 9.59 Å². The summed E-state index contributed by atoms with van der Waals surface area (Å²) >= 11 is 0. The van der Waals surface area contributed by atoms with Gasteiger partial charge in [-0.05, 0) is 86.8 Å². The van der Waals surface area contributed by atoms with E-state index < -0.39 is 65.2 Å². The third-order valence-electron chi connectivity index (χ3n) is 6.86. The highest BCUT2D eigenvalue weighted by molar-refractivity contribution is 5.94. The predicted octanol–water partition coefficient (Wildman–Crippen LogP) is 4.81. The molecule has 0 fully saturated rings. The number of nitrogens with one attached hydrogen (secondary N) is 2. The lowest BCUT2D eigenvalue weighted by molar-refractivity contribution is -0.159. The van der Waals surface area contributed by atoms with E-state index in [1.54, 1.807) is 67.5 Å². The van der Waals surface area contributed by atoms with E-state index in [9.17, 15) is 24.0 Å². The van der Waals surface area contributed by atoms with Crippen LogP contribution in [0.5, 0.6) is 0 Å². The molecule has 0 aliphatic heterocycles. The first kappa shape index (κ1) is 38.8. The van der Waals surface area contributed by atoms with E-state index in [-0.39, 0.29) is 19.3 Å². The smallest absolute Gasteiger partial charge is 0.408 e. The van der Waals surface area contributed by atoms with Crippen LogP contribution in [0.15, 0.2) is 48.5 Å². The van der Waals surface area contributed by atoms with Crippen molar-refractivity contribution in [2.24, 2.45) is 5.73 Å². The van der Waals surface area contributed by atoms with E-state index in [1.807, 2.05) is 50.2 Å². The number of amides is 4. The van der Waals surface area contributed by atoms with Crippen molar-refractivity contribution in [1.29, 1.82) is 0 Å². The van der Waals surface area contributed by atoms with Crippen LogP contribution in [0.4, 0.5) is 4.79 Å². The fraction of sp³-hybridized carbons (Fsp3) is 0.528. The van der Waals surface area contributed by atoms with Crippen LogP contribution in [0, 0.1) is 13.8 Å². The second kappa shape index (κ2) is 16.4. The molecule has 3 atom stereocenters. The number of rotatable bonds is 13. The van der Waals surface area contributed by atoms with Gasteiger partial charge < -0.3 is 30.7 Å². The highest BCUT2D eigenvalue weighted by Crippen LogP contribution is 2.28. The van der Waals surface area contributed by atoms with Gasteiger partial charge in [-0.1, -0.05) is 59.7 Å². The lowest BCUT2D eigenvalue weighted by Gasteiger charge is -2.38. The first-order valence-corrected chi connectivity index (χ1v) is 15.9. The number of aryl methyl sites for hydroxylation is 2. The molecule has 2 aromatic carbocycles. The summed E-state index contributed by atoms with van der Waals surface area (Å²) in [5.41, 5.74) is 6.78. The predicted molar refractivity (Wildman–Crippen MR) is 180 cm³/mol. The molecule has 0 heterocycles. The first-order chi connectivity index (χ1) is 21.7. The summed E-state index contributed by atoms with van der Waals surface area (Å²) < 4.78 is 11.1. The van der Waals surface area contributed by atoms with Gasteiger partial charge in [0.05, 0.1) is 0 Å². The molecule has 0 spiro atoms. The molecule has 11 nitrogen and oxygen atoms in total. The molecule has 0 radical (unpaired) electrons. The van der Waals surface area contributed by atoms with Crippen molar-refractivity contribution in [2.45, 2.75) is 124 Å². The van der Waals surface area contributed by atoms with E-state index in [0.29, 0.717) is 5.56 Å². The van der Waals surface area contributed by atoms with E-state index in [4.69, 9.17) is 15.2 Å². The van der Waals surface area contributed by atoms with Crippen LogP contribution in [0.2, 0.25) is 0 Å². The molecule has 2 rings (SSSR count). The van der Waals surface area contributed by atoms with E-state index >= 15 is 0 Å². The molecule has 0 aliphatic carbocycles. The van der Waals surface area contributed by atoms with E-state index in [0.717, 1.165) is 16.7 Å². The zero-order chi connectivity index (χ0) is 35.7. The molecule has 11 heteroatoms. The van der Waals surface area contributed by atoms with Crippen LogP contribution in [0.25, 0.3) is 0 Å². The SMILES string of the molecule is Cc1cc(C)cc(C(C(=O)NC(Cc2ccccc2)C(=O)OC(C)(C)C)N(C(=O)C(CCC(N)=O)NC(=O)OC(C)(C)C)C(C)C)c1. The number of esters is 1. The minimum atomic E-state index is -1.24. The summed E-state index contributed by atoms with van der Waals surface area (Å²) in [6, 6.07) is 10.7. The summed E-state index contributed by atoms with van der Waals surface area (Å²) in [4.78, 5) is 68.3. The fourth-order valence-electron chi connectivity index (χ4n) is 5.13. The number of carbonyl (C=O) groups excluding carboxylic acids is 5. The summed E-state index contributed by atoms with van der Waals surface area (Å²) in [6.45, 7) is 17.5. The summed E-state index contributed by atoms with van der Waals surface area (Å²) in [5.74, 6) is -2.52.